The van der Waals surface area contributed by atoms with Gasteiger partial charge in [0.15, 0.2) is 0 Å². The van der Waals surface area contributed by atoms with Crippen LogP contribution in [-0.4, -0.2) is 42.3 Å². The van der Waals surface area contributed by atoms with Crippen LogP contribution in [0.3, 0.4) is 0 Å². The minimum atomic E-state index is -2.96. The first-order valence-corrected chi connectivity index (χ1v) is 12.1. The predicted octanol–water partition coefficient (Wildman–Crippen LogP) is 5.31. The molecule has 0 saturated carbocycles. The van der Waals surface area contributed by atoms with Crippen molar-refractivity contribution in [1.29, 1.82) is 5.26 Å². The molecule has 0 radical (unpaired) electrons. The van der Waals surface area contributed by atoms with Crippen LogP contribution in [0.4, 0.5) is 14.5 Å². The fraction of sp³-hybridized carbons (Fsp3) is 0.207. The summed E-state index contributed by atoms with van der Waals surface area (Å²) in [6.45, 7) is -0.962. The van der Waals surface area contributed by atoms with Gasteiger partial charge in [-0.2, -0.15) is 14.0 Å². The lowest BCUT2D eigenvalue weighted by Gasteiger charge is -2.27. The number of hydrogen-bond donors (Lipinski definition) is 2. The van der Waals surface area contributed by atoms with Gasteiger partial charge in [-0.15, -0.1) is 0 Å². The lowest BCUT2D eigenvalue weighted by Crippen LogP contribution is -2.40. The fourth-order valence-corrected chi connectivity index (χ4v) is 3.77. The molecule has 0 unspecified atom stereocenters. The number of hydrogen-bond acceptors (Lipinski definition) is 7. The van der Waals surface area contributed by atoms with Crippen molar-refractivity contribution in [3.63, 3.8) is 0 Å². The van der Waals surface area contributed by atoms with E-state index in [1.807, 2.05) is 60.7 Å². The quantitative estimate of drug-likeness (QED) is 0.307. The van der Waals surface area contributed by atoms with E-state index in [4.69, 9.17) is 10.00 Å². The smallest absolute Gasteiger partial charge is 0.388 e. The number of nitrogens with zero attached hydrogens (tertiary/aromatic N) is 3. The molecule has 38 heavy (non-hydrogen) atoms. The molecule has 7 nitrogen and oxygen atoms in total. The molecule has 0 aliphatic carbocycles. The van der Waals surface area contributed by atoms with E-state index in [9.17, 15) is 8.78 Å². The molecule has 0 fully saturated rings. The first kappa shape index (κ1) is 26.5. The van der Waals surface area contributed by atoms with Gasteiger partial charge < -0.3 is 20.1 Å². The molecule has 1 aliphatic heterocycles. The van der Waals surface area contributed by atoms with Gasteiger partial charge in [0.1, 0.15) is 6.10 Å². The molecule has 194 valence electrons. The standard InChI is InChI=1S/C23H21F2N5O2.C6H6/c24-23(25)32-21-19(2-1-8-28-21)17-10-20-22(30-12-17)31-18(14-29-20)13-27-9-7-15-3-5-16(11-26)6-4-15;1-2-4-6-5-3-1/h1-6,8,10,12,18,23,27,29H,7,9,13-14H2;1-6H/t18-;/m1./s1. The van der Waals surface area contributed by atoms with Crippen LogP contribution in [0.1, 0.15) is 11.1 Å². The topological polar surface area (TPSA) is 92.1 Å². The molecule has 3 heterocycles. The molecule has 2 aromatic heterocycles. The molecule has 1 aliphatic rings. The minimum absolute atomic E-state index is 0.0991. The Labute approximate surface area is 220 Å². The summed E-state index contributed by atoms with van der Waals surface area (Å²) in [5.41, 5.74) is 3.52. The van der Waals surface area contributed by atoms with E-state index in [1.165, 1.54) is 6.20 Å². The van der Waals surface area contributed by atoms with Gasteiger partial charge in [0.25, 0.3) is 0 Å². The van der Waals surface area contributed by atoms with E-state index < -0.39 is 6.61 Å². The number of rotatable bonds is 8. The average Bonchev–Trinajstić information content (AvgIpc) is 2.96. The van der Waals surface area contributed by atoms with Crippen molar-refractivity contribution in [3.8, 4) is 29.0 Å². The normalized spacial score (nSPS) is 13.7. The molecule has 2 aromatic carbocycles. The zero-order valence-electron chi connectivity index (χ0n) is 20.6. The Morgan fingerprint density at radius 1 is 1.05 bits per heavy atom. The summed E-state index contributed by atoms with van der Waals surface area (Å²) >= 11 is 0. The number of nitrogens with one attached hydrogen (secondary N) is 2. The van der Waals surface area contributed by atoms with Crippen LogP contribution in [0.25, 0.3) is 11.1 Å². The zero-order chi connectivity index (χ0) is 26.6. The maximum atomic E-state index is 12.7. The first-order chi connectivity index (χ1) is 18.6. The van der Waals surface area contributed by atoms with Crippen LogP contribution in [0.2, 0.25) is 0 Å². The number of halogens is 2. The average molecular weight is 516 g/mol. The summed E-state index contributed by atoms with van der Waals surface area (Å²) in [6.07, 6.45) is 3.69. The highest BCUT2D eigenvalue weighted by Crippen LogP contribution is 2.34. The monoisotopic (exact) mass is 515 g/mol. The number of pyridine rings is 2. The number of nitriles is 1. The Kier molecular flexibility index (Phi) is 9.54. The highest BCUT2D eigenvalue weighted by atomic mass is 19.3. The Bertz CT molecular complexity index is 1300. The molecule has 9 heteroatoms. The molecule has 4 aromatic rings. The minimum Gasteiger partial charge on any atom is -0.470 e. The Hall–Kier alpha value is -4.55. The van der Waals surface area contributed by atoms with Crippen molar-refractivity contribution in [2.24, 2.45) is 0 Å². The number of alkyl halides is 2. The molecule has 2 N–H and O–H groups in total. The van der Waals surface area contributed by atoms with Crippen LogP contribution in [0, 0.1) is 11.3 Å². The lowest BCUT2D eigenvalue weighted by atomic mass is 10.1. The van der Waals surface area contributed by atoms with Gasteiger partial charge >= 0.3 is 6.61 Å². The number of anilines is 1. The third-order valence-corrected chi connectivity index (χ3v) is 5.64. The number of benzene rings is 2. The van der Waals surface area contributed by atoms with E-state index in [0.29, 0.717) is 41.3 Å². The number of aromatic nitrogens is 2. The van der Waals surface area contributed by atoms with Gasteiger partial charge in [0.2, 0.25) is 11.8 Å². The van der Waals surface area contributed by atoms with E-state index in [1.54, 1.807) is 24.4 Å². The summed E-state index contributed by atoms with van der Waals surface area (Å²) in [7, 11) is 0. The van der Waals surface area contributed by atoms with E-state index in [2.05, 4.69) is 31.4 Å². The van der Waals surface area contributed by atoms with Crippen LogP contribution >= 0.6 is 0 Å². The molecule has 5 rings (SSSR count). The zero-order valence-corrected chi connectivity index (χ0v) is 20.6. The maximum Gasteiger partial charge on any atom is 0.388 e. The summed E-state index contributed by atoms with van der Waals surface area (Å²) in [5, 5.41) is 15.5. The highest BCUT2D eigenvalue weighted by molar-refractivity contribution is 5.73. The van der Waals surface area contributed by atoms with Crippen LogP contribution < -0.4 is 20.1 Å². The van der Waals surface area contributed by atoms with Crippen molar-refractivity contribution in [3.05, 3.63) is 102 Å². The molecule has 0 bridgehead atoms. The van der Waals surface area contributed by atoms with E-state index in [-0.39, 0.29) is 12.0 Å². The molecule has 0 amide bonds. The molecular weight excluding hydrogens is 488 g/mol. The van der Waals surface area contributed by atoms with Crippen molar-refractivity contribution >= 4 is 5.69 Å². The third-order valence-electron chi connectivity index (χ3n) is 5.64. The lowest BCUT2D eigenvalue weighted by molar-refractivity contribution is -0.0524. The first-order valence-electron chi connectivity index (χ1n) is 12.1. The van der Waals surface area contributed by atoms with Gasteiger partial charge in [0.05, 0.1) is 23.9 Å². The van der Waals surface area contributed by atoms with Gasteiger partial charge in [0, 0.05) is 30.1 Å². The van der Waals surface area contributed by atoms with Crippen molar-refractivity contribution in [2.75, 3.05) is 25.0 Å². The summed E-state index contributed by atoms with van der Waals surface area (Å²) < 4.78 is 35.8. The predicted molar refractivity (Wildman–Crippen MR) is 141 cm³/mol. The largest absolute Gasteiger partial charge is 0.470 e. The summed E-state index contributed by atoms with van der Waals surface area (Å²) in [4.78, 5) is 8.24. The summed E-state index contributed by atoms with van der Waals surface area (Å²) in [6, 6.07) is 26.7. The Balaban J connectivity index is 0.000000494. The second-order valence-electron chi connectivity index (χ2n) is 8.35. The number of ether oxygens (including phenoxy) is 2. The second kappa shape index (κ2) is 13.7. The van der Waals surface area contributed by atoms with Crippen molar-refractivity contribution in [2.45, 2.75) is 19.1 Å². The summed E-state index contributed by atoms with van der Waals surface area (Å²) in [5.74, 6) is 0.310. The molecule has 0 saturated heterocycles. The molecule has 0 spiro atoms. The van der Waals surface area contributed by atoms with Crippen molar-refractivity contribution < 1.29 is 18.3 Å². The SMILES string of the molecule is N#Cc1ccc(CCNC[C@@H]2CNc3cc(-c4cccnc4OC(F)F)cnc3O2)cc1.c1ccccc1. The van der Waals surface area contributed by atoms with E-state index in [0.717, 1.165) is 18.5 Å². The maximum absolute atomic E-state index is 12.7. The van der Waals surface area contributed by atoms with Gasteiger partial charge in [-0.3, -0.25) is 0 Å². The van der Waals surface area contributed by atoms with Crippen LogP contribution in [0.5, 0.6) is 11.8 Å². The molecule has 1 atom stereocenters. The van der Waals surface area contributed by atoms with Crippen LogP contribution in [0.15, 0.2) is 91.3 Å². The van der Waals surface area contributed by atoms with Gasteiger partial charge in [-0.1, -0.05) is 48.5 Å². The van der Waals surface area contributed by atoms with Crippen LogP contribution in [-0.2, 0) is 6.42 Å². The molecular formula is C29H27F2N5O2. The van der Waals surface area contributed by atoms with Gasteiger partial charge in [-0.25, -0.2) is 9.97 Å². The van der Waals surface area contributed by atoms with Gasteiger partial charge in [-0.05, 0) is 48.9 Å². The Morgan fingerprint density at radius 2 is 1.79 bits per heavy atom. The Morgan fingerprint density at radius 3 is 2.47 bits per heavy atom. The fourth-order valence-electron chi connectivity index (χ4n) is 3.77. The van der Waals surface area contributed by atoms with E-state index >= 15 is 0 Å². The third kappa shape index (κ3) is 7.72. The highest BCUT2D eigenvalue weighted by Gasteiger charge is 2.22. The second-order valence-corrected chi connectivity index (χ2v) is 8.35. The van der Waals surface area contributed by atoms with Crippen molar-refractivity contribution in [1.82, 2.24) is 15.3 Å². The number of fused-ring (bicyclic) bond motifs is 1.